The van der Waals surface area contributed by atoms with Crippen LogP contribution in [0.25, 0.3) is 10.2 Å². The van der Waals surface area contributed by atoms with E-state index in [-0.39, 0.29) is 48.9 Å². The highest BCUT2D eigenvalue weighted by Gasteiger charge is 2.41. The summed E-state index contributed by atoms with van der Waals surface area (Å²) in [6.45, 7) is 1.35. The molecule has 1 aromatic heterocycles. The SMILES string of the molecule is O=C(C[C@@H](Cc1cc(F)cc(F)c1)[C@H](O)CN1CCCCCCCOCc2cc3nc(CC4CC4)sc3cc2S1(=O)=O)O[C@H]1CCO[C@H]2OCC[C@H]21. The number of ether oxygens (including phenoxy) is 4. The Labute approximate surface area is 307 Å². The van der Waals surface area contributed by atoms with Crippen LogP contribution in [0.15, 0.2) is 35.2 Å². The van der Waals surface area contributed by atoms with E-state index in [4.69, 9.17) is 23.9 Å². The molecule has 1 saturated carbocycles. The smallest absolute Gasteiger partial charge is 0.306 e. The number of halogens is 2. The van der Waals surface area contributed by atoms with Gasteiger partial charge >= 0.3 is 5.97 Å². The first-order valence-corrected chi connectivity index (χ1v) is 20.9. The molecular weight excluding hydrogens is 715 g/mol. The molecule has 5 atom stereocenters. The van der Waals surface area contributed by atoms with Crippen molar-refractivity contribution < 1.29 is 46.0 Å². The van der Waals surface area contributed by atoms with Gasteiger partial charge in [0, 0.05) is 50.4 Å². The van der Waals surface area contributed by atoms with Gasteiger partial charge in [0.15, 0.2) is 6.29 Å². The number of sulfonamides is 1. The lowest BCUT2D eigenvalue weighted by Crippen LogP contribution is -2.43. The molecule has 1 aliphatic carbocycles. The number of esters is 1. The van der Waals surface area contributed by atoms with Crippen molar-refractivity contribution in [2.24, 2.45) is 17.8 Å². The first kappa shape index (κ1) is 37.7. The number of hydrogen-bond acceptors (Lipinski definition) is 10. The summed E-state index contributed by atoms with van der Waals surface area (Å²) in [5, 5.41) is 12.9. The van der Waals surface area contributed by atoms with E-state index in [2.05, 4.69) is 0 Å². The predicted octanol–water partition coefficient (Wildman–Crippen LogP) is 6.30. The molecular formula is C38H48F2N2O8S2. The van der Waals surface area contributed by atoms with Gasteiger partial charge in [-0.2, -0.15) is 4.31 Å². The summed E-state index contributed by atoms with van der Waals surface area (Å²) in [6.07, 6.45) is 5.97. The number of benzene rings is 2. The summed E-state index contributed by atoms with van der Waals surface area (Å²) < 4.78 is 83.2. The van der Waals surface area contributed by atoms with Crippen LogP contribution in [0.1, 0.15) is 80.3 Å². The Hall–Kier alpha value is -2.59. The molecule has 0 bridgehead atoms. The standard InChI is InChI=1S/C38H48F2N2O8S2/c39-28-15-25(16-29(40)20-28)14-26(19-37(44)50-33-9-13-49-38-30(33)8-12-48-38)32(43)22-42-10-4-2-1-3-5-11-47-23-27-18-31-34(21-35(27)52(42,45)46)51-36(41-31)17-24-6-7-24/h15-16,18,20-21,24,26,30,32-33,38,43H,1-14,17,19,22-23H2/t26-,30+,32-,33+,38-/m1/s1. The largest absolute Gasteiger partial charge is 0.462 e. The third-order valence-corrected chi connectivity index (χ3v) is 13.6. The van der Waals surface area contributed by atoms with Gasteiger partial charge < -0.3 is 24.1 Å². The van der Waals surface area contributed by atoms with Gasteiger partial charge in [-0.05, 0) is 79.8 Å². The number of carbonyl (C=O) groups is 1. The Balaban J connectivity index is 1.16. The number of hydrogen-bond donors (Lipinski definition) is 1. The van der Waals surface area contributed by atoms with Gasteiger partial charge in [0.25, 0.3) is 0 Å². The summed E-state index contributed by atoms with van der Waals surface area (Å²) in [4.78, 5) is 18.4. The predicted molar refractivity (Wildman–Crippen MR) is 190 cm³/mol. The third-order valence-electron chi connectivity index (χ3n) is 10.7. The van der Waals surface area contributed by atoms with Crippen LogP contribution in [-0.4, -0.2) is 80.2 Å². The average molecular weight is 763 g/mol. The molecule has 2 saturated heterocycles. The molecule has 4 heterocycles. The average Bonchev–Trinajstić information content (AvgIpc) is 3.60. The van der Waals surface area contributed by atoms with Crippen LogP contribution in [0.3, 0.4) is 0 Å². The molecule has 3 fully saturated rings. The molecule has 4 aliphatic rings. The zero-order chi connectivity index (χ0) is 36.2. The van der Waals surface area contributed by atoms with Crippen molar-refractivity contribution in [3.05, 3.63) is 58.1 Å². The third kappa shape index (κ3) is 9.37. The highest BCUT2D eigenvalue weighted by Crippen LogP contribution is 2.37. The monoisotopic (exact) mass is 762 g/mol. The Morgan fingerprint density at radius 2 is 1.73 bits per heavy atom. The topological polar surface area (TPSA) is 124 Å². The van der Waals surface area contributed by atoms with Gasteiger partial charge in [0.1, 0.15) is 17.7 Å². The van der Waals surface area contributed by atoms with Crippen molar-refractivity contribution in [2.45, 2.75) is 107 Å². The highest BCUT2D eigenvalue weighted by molar-refractivity contribution is 7.89. The zero-order valence-electron chi connectivity index (χ0n) is 29.4. The fourth-order valence-electron chi connectivity index (χ4n) is 7.65. The first-order valence-electron chi connectivity index (χ1n) is 18.7. The summed E-state index contributed by atoms with van der Waals surface area (Å²) >= 11 is 1.51. The van der Waals surface area contributed by atoms with Crippen LogP contribution in [-0.2, 0) is 53.2 Å². The fourth-order valence-corrected chi connectivity index (χ4v) is 10.5. The molecule has 52 heavy (non-hydrogen) atoms. The Kier molecular flexibility index (Phi) is 12.2. The van der Waals surface area contributed by atoms with E-state index in [0.717, 1.165) is 65.5 Å². The van der Waals surface area contributed by atoms with Crippen molar-refractivity contribution in [1.29, 1.82) is 0 Å². The molecule has 284 valence electrons. The number of thiazole rings is 1. The molecule has 7 rings (SSSR count). The molecule has 0 unspecified atom stereocenters. The Morgan fingerprint density at radius 1 is 0.981 bits per heavy atom. The molecule has 1 N–H and O–H groups in total. The van der Waals surface area contributed by atoms with Crippen molar-refractivity contribution >= 4 is 37.5 Å². The van der Waals surface area contributed by atoms with Gasteiger partial charge in [-0.25, -0.2) is 22.2 Å². The lowest BCUT2D eigenvalue weighted by molar-refractivity contribution is -0.195. The number of fused-ring (bicyclic) bond motifs is 3. The first-order chi connectivity index (χ1) is 25.1. The molecule has 0 spiro atoms. The maximum Gasteiger partial charge on any atom is 0.306 e. The van der Waals surface area contributed by atoms with Gasteiger partial charge in [0.05, 0.1) is 52.5 Å². The van der Waals surface area contributed by atoms with Gasteiger partial charge in [-0.1, -0.05) is 19.3 Å². The normalized spacial score (nSPS) is 25.6. The molecule has 14 heteroatoms. The second kappa shape index (κ2) is 16.8. The van der Waals surface area contributed by atoms with E-state index < -0.39 is 52.0 Å². The number of aromatic nitrogens is 1. The fraction of sp³-hybridized carbons (Fsp3) is 0.632. The van der Waals surface area contributed by atoms with Crippen LogP contribution in [0.5, 0.6) is 0 Å². The van der Waals surface area contributed by atoms with Gasteiger partial charge in [0.2, 0.25) is 10.0 Å². The van der Waals surface area contributed by atoms with E-state index in [1.807, 2.05) is 6.07 Å². The molecule has 0 radical (unpaired) electrons. The van der Waals surface area contributed by atoms with Crippen LogP contribution in [0.4, 0.5) is 8.78 Å². The lowest BCUT2D eigenvalue weighted by Gasteiger charge is -2.33. The van der Waals surface area contributed by atoms with Crippen LogP contribution >= 0.6 is 11.3 Å². The molecule has 10 nitrogen and oxygen atoms in total. The van der Waals surface area contributed by atoms with E-state index in [9.17, 15) is 27.1 Å². The number of nitrogens with zero attached hydrogens (tertiary/aromatic N) is 2. The van der Waals surface area contributed by atoms with Gasteiger partial charge in [-0.3, -0.25) is 4.79 Å². The summed E-state index contributed by atoms with van der Waals surface area (Å²) in [5.41, 5.74) is 1.50. The van der Waals surface area contributed by atoms with Gasteiger partial charge in [-0.15, -0.1) is 11.3 Å². The van der Waals surface area contributed by atoms with Crippen molar-refractivity contribution in [3.8, 4) is 0 Å². The van der Waals surface area contributed by atoms with E-state index in [1.165, 1.54) is 28.5 Å². The maximum absolute atomic E-state index is 14.7. The highest BCUT2D eigenvalue weighted by atomic mass is 32.2. The van der Waals surface area contributed by atoms with E-state index in [0.29, 0.717) is 50.6 Å². The van der Waals surface area contributed by atoms with Crippen molar-refractivity contribution in [1.82, 2.24) is 9.29 Å². The minimum absolute atomic E-state index is 0.0720. The number of aliphatic hydroxyl groups excluding tert-OH is 1. The van der Waals surface area contributed by atoms with Crippen LogP contribution in [0.2, 0.25) is 0 Å². The summed E-state index contributed by atoms with van der Waals surface area (Å²) in [5.74, 6) is -2.52. The minimum Gasteiger partial charge on any atom is -0.462 e. The Morgan fingerprint density at radius 3 is 2.52 bits per heavy atom. The number of carbonyl (C=O) groups excluding carboxylic acids is 1. The zero-order valence-corrected chi connectivity index (χ0v) is 31.0. The Bertz CT molecular complexity index is 1800. The number of aliphatic hydroxyl groups is 1. The quantitative estimate of drug-likeness (QED) is 0.237. The molecule has 3 aliphatic heterocycles. The lowest BCUT2D eigenvalue weighted by atomic mass is 9.90. The van der Waals surface area contributed by atoms with Crippen molar-refractivity contribution in [2.75, 3.05) is 32.9 Å². The van der Waals surface area contributed by atoms with E-state index in [1.54, 1.807) is 6.07 Å². The number of rotatable bonds is 10. The molecule has 3 aromatic rings. The van der Waals surface area contributed by atoms with Crippen molar-refractivity contribution in [3.63, 3.8) is 0 Å². The summed E-state index contributed by atoms with van der Waals surface area (Å²) in [7, 11) is -4.18. The maximum atomic E-state index is 14.7. The summed E-state index contributed by atoms with van der Waals surface area (Å²) in [6, 6.07) is 6.59. The van der Waals surface area contributed by atoms with E-state index >= 15 is 0 Å². The second-order valence-corrected chi connectivity index (χ2v) is 17.8. The molecule has 0 amide bonds. The number of β-amino-alcohol motifs (C(OH)–C–C–N with tert-alkyl or cyclic N) is 1. The minimum atomic E-state index is -4.18. The second-order valence-electron chi connectivity index (χ2n) is 14.8. The molecule has 2 aromatic carbocycles. The van der Waals surface area contributed by atoms with Crippen LogP contribution < -0.4 is 0 Å². The van der Waals surface area contributed by atoms with Crippen LogP contribution in [0, 0.1) is 29.4 Å².